The van der Waals surface area contributed by atoms with Crippen LogP contribution in [-0.2, 0) is 0 Å². The first-order valence-electron chi connectivity index (χ1n) is 18.3. The molecule has 12 rings (SSSR count). The number of thiophene rings is 2. The number of hydrogen-bond acceptors (Lipinski definition) is 5. The molecule has 1 nitrogen and oxygen atoms in total. The van der Waals surface area contributed by atoms with Gasteiger partial charge in [-0.3, -0.25) is 0 Å². The smallest absolute Gasteiger partial charge is 0.136 e. The lowest BCUT2D eigenvalue weighted by molar-refractivity contribution is 0.669. The summed E-state index contributed by atoms with van der Waals surface area (Å²) in [6.45, 7) is 0. The van der Waals surface area contributed by atoms with E-state index in [1.54, 1.807) is 0 Å². The Balaban J connectivity index is 1.23. The third-order valence-electron chi connectivity index (χ3n) is 10.7. The third kappa shape index (κ3) is 5.08. The minimum Gasteiger partial charge on any atom is -0.456 e. The third-order valence-corrected chi connectivity index (χ3v) is 15.6. The SMILES string of the molecule is c1ccc2c(c1)Sc1cccc(-c3c(-c4cccc5oc6ccccc6c45)ccc(-c4cc5ccccc5s4)c3-c3cc4cc5ccccc5cc4s3)c1S2. The summed E-state index contributed by atoms with van der Waals surface area (Å²) in [5, 5.41) is 7.37. The Morgan fingerprint density at radius 1 is 0.364 bits per heavy atom. The summed E-state index contributed by atoms with van der Waals surface area (Å²) < 4.78 is 9.10. The van der Waals surface area contributed by atoms with Gasteiger partial charge in [0, 0.05) is 60.6 Å². The zero-order valence-corrected chi connectivity index (χ0v) is 32.5. The first-order chi connectivity index (χ1) is 27.2. The van der Waals surface area contributed by atoms with Crippen LogP contribution in [0.25, 0.3) is 96.0 Å². The number of para-hydroxylation sites is 1. The van der Waals surface area contributed by atoms with E-state index in [4.69, 9.17) is 4.42 Å². The van der Waals surface area contributed by atoms with E-state index in [2.05, 4.69) is 170 Å². The van der Waals surface area contributed by atoms with Crippen molar-refractivity contribution < 1.29 is 4.42 Å². The highest BCUT2D eigenvalue weighted by Crippen LogP contribution is 2.57. The fourth-order valence-corrected chi connectivity index (χ4v) is 12.9. The first kappa shape index (κ1) is 31.8. The molecule has 8 aromatic carbocycles. The highest BCUT2D eigenvalue weighted by atomic mass is 32.2. The predicted octanol–water partition coefficient (Wildman–Crippen LogP) is 16.5. The molecule has 5 heteroatoms. The molecule has 0 saturated carbocycles. The lowest BCUT2D eigenvalue weighted by Crippen LogP contribution is -1.97. The summed E-state index contributed by atoms with van der Waals surface area (Å²) in [6, 6.07) is 62.5. The van der Waals surface area contributed by atoms with Crippen LogP contribution in [0.2, 0.25) is 0 Å². The molecule has 0 fully saturated rings. The number of furan rings is 1. The van der Waals surface area contributed by atoms with E-state index in [-0.39, 0.29) is 0 Å². The van der Waals surface area contributed by atoms with Gasteiger partial charge in [-0.2, -0.15) is 0 Å². The molecule has 0 unspecified atom stereocenters. The van der Waals surface area contributed by atoms with Crippen molar-refractivity contribution >= 4 is 99.1 Å². The van der Waals surface area contributed by atoms with Gasteiger partial charge in [-0.1, -0.05) is 133 Å². The molecule has 0 radical (unpaired) electrons. The monoisotopic (exact) mass is 772 g/mol. The van der Waals surface area contributed by atoms with Crippen LogP contribution in [0.3, 0.4) is 0 Å². The van der Waals surface area contributed by atoms with Gasteiger partial charge in [-0.05, 0) is 104 Å². The van der Waals surface area contributed by atoms with Crippen molar-refractivity contribution in [3.8, 4) is 43.1 Å². The van der Waals surface area contributed by atoms with Gasteiger partial charge in [0.25, 0.3) is 0 Å². The van der Waals surface area contributed by atoms with E-state index in [0.29, 0.717) is 0 Å². The number of hydrogen-bond donors (Lipinski definition) is 0. The Labute approximate surface area is 333 Å². The maximum atomic E-state index is 6.51. The minimum absolute atomic E-state index is 0.905. The second-order valence-corrected chi connectivity index (χ2v) is 18.3. The van der Waals surface area contributed by atoms with Gasteiger partial charge >= 0.3 is 0 Å². The molecule has 0 amide bonds. The molecular weight excluding hydrogens is 745 g/mol. The van der Waals surface area contributed by atoms with Crippen molar-refractivity contribution in [3.63, 3.8) is 0 Å². The van der Waals surface area contributed by atoms with Gasteiger partial charge in [0.2, 0.25) is 0 Å². The van der Waals surface area contributed by atoms with Gasteiger partial charge in [0.1, 0.15) is 11.2 Å². The zero-order valence-electron chi connectivity index (χ0n) is 29.2. The van der Waals surface area contributed by atoms with Crippen LogP contribution in [0.15, 0.2) is 194 Å². The highest BCUT2D eigenvalue weighted by molar-refractivity contribution is 8.05. The van der Waals surface area contributed by atoms with E-state index in [0.717, 1.165) is 21.9 Å². The first-order valence-corrected chi connectivity index (χ1v) is 21.6. The summed E-state index contributed by atoms with van der Waals surface area (Å²) in [6.07, 6.45) is 0. The van der Waals surface area contributed by atoms with E-state index in [9.17, 15) is 0 Å². The van der Waals surface area contributed by atoms with Crippen molar-refractivity contribution in [1.82, 2.24) is 0 Å². The number of fused-ring (bicyclic) bond motifs is 8. The molecule has 4 heterocycles. The molecule has 11 aromatic rings. The molecule has 1 aliphatic rings. The highest BCUT2D eigenvalue weighted by Gasteiger charge is 2.28. The molecule has 258 valence electrons. The Bertz CT molecular complexity index is 3260. The van der Waals surface area contributed by atoms with Crippen molar-refractivity contribution in [2.75, 3.05) is 0 Å². The summed E-state index contributed by atoms with van der Waals surface area (Å²) >= 11 is 7.56. The zero-order chi connectivity index (χ0) is 36.0. The minimum atomic E-state index is 0.905. The molecule has 0 bridgehead atoms. The fraction of sp³-hybridized carbons (Fsp3) is 0. The summed E-state index contributed by atoms with van der Waals surface area (Å²) in [4.78, 5) is 7.75. The summed E-state index contributed by atoms with van der Waals surface area (Å²) in [7, 11) is 0. The Hall–Kier alpha value is -5.56. The second kappa shape index (κ2) is 12.5. The van der Waals surface area contributed by atoms with E-state index < -0.39 is 0 Å². The van der Waals surface area contributed by atoms with Crippen LogP contribution in [0.5, 0.6) is 0 Å². The van der Waals surface area contributed by atoms with Crippen LogP contribution >= 0.6 is 46.2 Å². The van der Waals surface area contributed by atoms with Crippen LogP contribution in [0.1, 0.15) is 0 Å². The van der Waals surface area contributed by atoms with Crippen LogP contribution in [0.4, 0.5) is 0 Å². The fourth-order valence-electron chi connectivity index (χ4n) is 8.28. The largest absolute Gasteiger partial charge is 0.456 e. The Morgan fingerprint density at radius 3 is 1.91 bits per heavy atom. The van der Waals surface area contributed by atoms with Crippen LogP contribution in [0, 0.1) is 0 Å². The molecule has 3 aromatic heterocycles. The average Bonchev–Trinajstić information content (AvgIpc) is 3.96. The Kier molecular flexibility index (Phi) is 7.21. The quantitative estimate of drug-likeness (QED) is 0.177. The van der Waals surface area contributed by atoms with Crippen molar-refractivity contribution in [2.24, 2.45) is 0 Å². The predicted molar refractivity (Wildman–Crippen MR) is 238 cm³/mol. The van der Waals surface area contributed by atoms with Crippen LogP contribution in [-0.4, -0.2) is 0 Å². The maximum Gasteiger partial charge on any atom is 0.136 e. The standard InChI is InChI=1S/C50H28OS4/c1-2-12-30-26-44-32(25-29(30)11-1)28-46(54-44)49-36(45-27-31-13-3-6-19-40(31)52-45)24-23-34(33-15-9-18-39-47(33)35-14-4-5-17-38(35)51-39)48(49)37-16-10-22-43-50(37)55-42-21-8-7-20-41(42)53-43/h1-28H. The number of benzene rings is 8. The van der Waals surface area contributed by atoms with Crippen molar-refractivity contribution in [3.05, 3.63) is 170 Å². The molecule has 1 aliphatic heterocycles. The van der Waals surface area contributed by atoms with Crippen molar-refractivity contribution in [2.45, 2.75) is 19.6 Å². The molecular formula is C50H28OS4. The van der Waals surface area contributed by atoms with Gasteiger partial charge in [0.15, 0.2) is 0 Å². The summed E-state index contributed by atoms with van der Waals surface area (Å²) in [5.41, 5.74) is 9.24. The topological polar surface area (TPSA) is 13.1 Å². The average molecular weight is 773 g/mol. The van der Waals surface area contributed by atoms with E-state index in [1.165, 1.54) is 93.7 Å². The molecule has 55 heavy (non-hydrogen) atoms. The number of rotatable bonds is 4. The van der Waals surface area contributed by atoms with Gasteiger partial charge in [0.05, 0.1) is 0 Å². The van der Waals surface area contributed by atoms with Gasteiger partial charge in [-0.15, -0.1) is 22.7 Å². The summed E-state index contributed by atoms with van der Waals surface area (Å²) in [5.74, 6) is 0. The van der Waals surface area contributed by atoms with Gasteiger partial charge in [-0.25, -0.2) is 0 Å². The lowest BCUT2D eigenvalue weighted by atomic mass is 9.85. The second-order valence-electron chi connectivity index (χ2n) is 14.0. The lowest BCUT2D eigenvalue weighted by Gasteiger charge is -2.25. The van der Waals surface area contributed by atoms with E-state index >= 15 is 0 Å². The van der Waals surface area contributed by atoms with Crippen molar-refractivity contribution in [1.29, 1.82) is 0 Å². The van der Waals surface area contributed by atoms with E-state index in [1.807, 2.05) is 46.2 Å². The molecule has 0 atom stereocenters. The molecule has 0 aliphatic carbocycles. The Morgan fingerprint density at radius 2 is 1.02 bits per heavy atom. The normalized spacial score (nSPS) is 12.6. The van der Waals surface area contributed by atoms with Gasteiger partial charge < -0.3 is 4.42 Å². The van der Waals surface area contributed by atoms with Crippen LogP contribution < -0.4 is 0 Å². The molecule has 0 saturated heterocycles. The molecule has 0 N–H and O–H groups in total. The maximum absolute atomic E-state index is 6.51. The molecule has 0 spiro atoms.